The highest BCUT2D eigenvalue weighted by atomic mass is 32.2. The summed E-state index contributed by atoms with van der Waals surface area (Å²) in [5, 5.41) is 14.0. The van der Waals surface area contributed by atoms with Crippen molar-refractivity contribution in [3.63, 3.8) is 0 Å². The summed E-state index contributed by atoms with van der Waals surface area (Å²) in [5.74, 6) is 0. The third kappa shape index (κ3) is 5.25. The quantitative estimate of drug-likeness (QED) is 0.389. The summed E-state index contributed by atoms with van der Waals surface area (Å²) in [7, 11) is -3.68. The Bertz CT molecular complexity index is 569. The number of thiophene rings is 1. The second kappa shape index (κ2) is 8.30. The first kappa shape index (κ1) is 17.9. The number of rotatable bonds is 10. The highest BCUT2D eigenvalue weighted by molar-refractivity contribution is 7.91. The maximum atomic E-state index is 12.1. The summed E-state index contributed by atoms with van der Waals surface area (Å²) in [4.78, 5) is 10.4. The molecule has 0 saturated heterocycles. The number of nitro groups is 1. The lowest BCUT2D eigenvalue weighted by Gasteiger charge is -2.03. The molecule has 0 aromatic carbocycles. The lowest BCUT2D eigenvalue weighted by Crippen LogP contribution is -2.23. The monoisotopic (exact) mass is 335 g/mol. The van der Waals surface area contributed by atoms with E-state index in [0.717, 1.165) is 43.1 Å². The minimum absolute atomic E-state index is 0.0272. The number of nitrogens with zero attached hydrogens (tertiary/aromatic N) is 1. The lowest BCUT2D eigenvalue weighted by atomic mass is 10.2. The fourth-order valence-corrected chi connectivity index (χ4v) is 4.26. The lowest BCUT2D eigenvalue weighted by molar-refractivity contribution is -0.383. The van der Waals surface area contributed by atoms with Gasteiger partial charge in [0.1, 0.15) is 4.21 Å². The molecule has 0 amide bonds. The zero-order chi connectivity index (χ0) is 15.9. The fraction of sp³-hybridized carbons (Fsp3) is 0.667. The molecule has 0 spiro atoms. The summed E-state index contributed by atoms with van der Waals surface area (Å²) in [6.07, 6.45) is 3.87. The van der Waals surface area contributed by atoms with E-state index in [9.17, 15) is 18.5 Å². The van der Waals surface area contributed by atoms with Crippen LogP contribution < -0.4 is 10.0 Å². The van der Waals surface area contributed by atoms with Crippen LogP contribution in [0.1, 0.15) is 39.5 Å². The SMILES string of the molecule is CCCCCCNS(=O)(=O)c1cc([N+](=O)[O-])c(NCC)s1. The molecule has 1 heterocycles. The van der Waals surface area contributed by atoms with Gasteiger partial charge in [-0.25, -0.2) is 13.1 Å². The van der Waals surface area contributed by atoms with Crippen LogP contribution in [0.4, 0.5) is 10.7 Å². The number of unbranched alkanes of at least 4 members (excludes halogenated alkanes) is 3. The van der Waals surface area contributed by atoms with Crippen LogP contribution in [0.3, 0.4) is 0 Å². The molecule has 1 aromatic heterocycles. The van der Waals surface area contributed by atoms with E-state index >= 15 is 0 Å². The van der Waals surface area contributed by atoms with E-state index in [2.05, 4.69) is 17.0 Å². The van der Waals surface area contributed by atoms with Gasteiger partial charge in [-0.1, -0.05) is 37.5 Å². The molecule has 1 aromatic rings. The van der Waals surface area contributed by atoms with E-state index in [1.54, 1.807) is 6.92 Å². The van der Waals surface area contributed by atoms with Crippen LogP contribution in [0, 0.1) is 10.1 Å². The molecule has 0 atom stereocenters. The van der Waals surface area contributed by atoms with Gasteiger partial charge in [-0.15, -0.1) is 0 Å². The predicted octanol–water partition coefficient (Wildman–Crippen LogP) is 2.95. The molecular formula is C12H21N3O4S2. The topological polar surface area (TPSA) is 101 Å². The molecule has 0 unspecified atom stereocenters. The van der Waals surface area contributed by atoms with Crippen molar-refractivity contribution in [2.75, 3.05) is 18.4 Å². The van der Waals surface area contributed by atoms with Crippen molar-refractivity contribution in [2.24, 2.45) is 0 Å². The van der Waals surface area contributed by atoms with Crippen LogP contribution in [0.5, 0.6) is 0 Å². The van der Waals surface area contributed by atoms with Crippen molar-refractivity contribution in [2.45, 2.75) is 43.7 Å². The highest BCUT2D eigenvalue weighted by Gasteiger charge is 2.25. The van der Waals surface area contributed by atoms with Gasteiger partial charge in [-0.2, -0.15) is 0 Å². The Morgan fingerprint density at radius 1 is 1.29 bits per heavy atom. The molecule has 2 N–H and O–H groups in total. The maximum absolute atomic E-state index is 12.1. The van der Waals surface area contributed by atoms with E-state index in [1.807, 2.05) is 0 Å². The Balaban J connectivity index is 2.78. The van der Waals surface area contributed by atoms with Crippen molar-refractivity contribution >= 4 is 32.0 Å². The Kier molecular flexibility index (Phi) is 7.06. The average Bonchev–Trinajstić information content (AvgIpc) is 2.84. The van der Waals surface area contributed by atoms with Crippen molar-refractivity contribution in [1.82, 2.24) is 4.72 Å². The Labute approximate surface area is 129 Å². The molecule has 1 rings (SSSR count). The summed E-state index contributed by atoms with van der Waals surface area (Å²) in [6, 6.07) is 1.11. The van der Waals surface area contributed by atoms with Crippen LogP contribution in [-0.4, -0.2) is 26.4 Å². The van der Waals surface area contributed by atoms with Crippen molar-refractivity contribution < 1.29 is 13.3 Å². The normalized spacial score (nSPS) is 11.5. The van der Waals surface area contributed by atoms with E-state index in [4.69, 9.17) is 0 Å². The van der Waals surface area contributed by atoms with Crippen LogP contribution in [0.2, 0.25) is 0 Å². The van der Waals surface area contributed by atoms with Gasteiger partial charge in [0, 0.05) is 19.2 Å². The Hall–Kier alpha value is -1.19. The zero-order valence-corrected chi connectivity index (χ0v) is 13.8. The van der Waals surface area contributed by atoms with E-state index in [-0.39, 0.29) is 14.9 Å². The van der Waals surface area contributed by atoms with Crippen molar-refractivity contribution in [1.29, 1.82) is 0 Å². The number of hydrogen-bond donors (Lipinski definition) is 2. The van der Waals surface area contributed by atoms with Gasteiger partial charge < -0.3 is 5.32 Å². The molecular weight excluding hydrogens is 314 g/mol. The third-order valence-corrected chi connectivity index (χ3v) is 5.83. The van der Waals surface area contributed by atoms with Crippen LogP contribution in [0.25, 0.3) is 0 Å². The van der Waals surface area contributed by atoms with Gasteiger partial charge in [-0.3, -0.25) is 10.1 Å². The van der Waals surface area contributed by atoms with Crippen LogP contribution >= 0.6 is 11.3 Å². The van der Waals surface area contributed by atoms with Crippen LogP contribution in [-0.2, 0) is 10.0 Å². The summed E-state index contributed by atoms with van der Waals surface area (Å²) in [6.45, 7) is 4.72. The average molecular weight is 335 g/mol. The summed E-state index contributed by atoms with van der Waals surface area (Å²) in [5.41, 5.74) is -0.201. The van der Waals surface area contributed by atoms with E-state index in [0.29, 0.717) is 13.1 Å². The number of hydrogen-bond acceptors (Lipinski definition) is 6. The molecule has 0 aliphatic heterocycles. The Morgan fingerprint density at radius 2 is 2.00 bits per heavy atom. The number of anilines is 1. The first-order valence-electron chi connectivity index (χ1n) is 6.94. The molecule has 0 saturated carbocycles. The van der Waals surface area contributed by atoms with Crippen molar-refractivity contribution in [3.05, 3.63) is 16.2 Å². The molecule has 0 bridgehead atoms. The fourth-order valence-electron chi connectivity index (χ4n) is 1.74. The van der Waals surface area contributed by atoms with Crippen molar-refractivity contribution in [3.8, 4) is 0 Å². The predicted molar refractivity (Wildman–Crippen MR) is 84.5 cm³/mol. The van der Waals surface area contributed by atoms with E-state index < -0.39 is 14.9 Å². The molecule has 0 fully saturated rings. The smallest absolute Gasteiger partial charge is 0.304 e. The van der Waals surface area contributed by atoms with Gasteiger partial charge in [-0.05, 0) is 13.3 Å². The second-order valence-corrected chi connectivity index (χ2v) is 7.57. The minimum Gasteiger partial charge on any atom is -0.372 e. The first-order valence-corrected chi connectivity index (χ1v) is 9.24. The molecule has 7 nitrogen and oxygen atoms in total. The largest absolute Gasteiger partial charge is 0.372 e. The van der Waals surface area contributed by atoms with E-state index in [1.165, 1.54) is 0 Å². The molecule has 9 heteroatoms. The highest BCUT2D eigenvalue weighted by Crippen LogP contribution is 2.36. The second-order valence-electron chi connectivity index (χ2n) is 4.53. The molecule has 0 radical (unpaired) electrons. The summed E-state index contributed by atoms with van der Waals surface area (Å²) < 4.78 is 26.7. The van der Waals surface area contributed by atoms with Crippen LogP contribution in [0.15, 0.2) is 10.3 Å². The standard InChI is InChI=1S/C12H21N3O4S2/c1-3-5-6-7-8-14-21(18,19)11-9-10(15(16)17)12(20-11)13-4-2/h9,13-14H,3-8H2,1-2H3. The Morgan fingerprint density at radius 3 is 2.57 bits per heavy atom. The van der Waals surface area contributed by atoms with Gasteiger partial charge >= 0.3 is 5.69 Å². The molecule has 21 heavy (non-hydrogen) atoms. The minimum atomic E-state index is -3.68. The number of sulfonamides is 1. The molecule has 120 valence electrons. The summed E-state index contributed by atoms with van der Waals surface area (Å²) >= 11 is 0.884. The maximum Gasteiger partial charge on any atom is 0.304 e. The zero-order valence-electron chi connectivity index (χ0n) is 12.2. The van der Waals surface area contributed by atoms with Gasteiger partial charge in [0.2, 0.25) is 10.0 Å². The third-order valence-electron chi connectivity index (χ3n) is 2.81. The molecule has 0 aliphatic rings. The van der Waals surface area contributed by atoms with Gasteiger partial charge in [0.05, 0.1) is 4.92 Å². The van der Waals surface area contributed by atoms with Gasteiger partial charge in [0.25, 0.3) is 0 Å². The molecule has 0 aliphatic carbocycles. The first-order chi connectivity index (χ1) is 9.92. The van der Waals surface area contributed by atoms with Gasteiger partial charge in [0.15, 0.2) is 5.00 Å². The number of nitrogens with one attached hydrogen (secondary N) is 2.